The molecule has 0 fully saturated rings. The van der Waals surface area contributed by atoms with E-state index in [1.807, 2.05) is 42.3 Å². The zero-order valence-corrected chi connectivity index (χ0v) is 13.4. The Labute approximate surface area is 132 Å². The third-order valence-electron chi connectivity index (χ3n) is 1.96. The van der Waals surface area contributed by atoms with Gasteiger partial charge in [-0.25, -0.2) is 0 Å². The molecule has 21 heavy (non-hydrogen) atoms. The van der Waals surface area contributed by atoms with Gasteiger partial charge in [0.15, 0.2) is 7.05 Å². The highest BCUT2D eigenvalue weighted by Gasteiger charge is 2.20. The van der Waals surface area contributed by atoms with Gasteiger partial charge in [-0.3, -0.25) is 0 Å². The normalized spacial score (nSPS) is 10.8. The first-order valence-corrected chi connectivity index (χ1v) is 7.92. The summed E-state index contributed by atoms with van der Waals surface area (Å²) < 4.78 is 42.0. The van der Waals surface area contributed by atoms with E-state index in [2.05, 4.69) is 10.4 Å². The molecule has 2 aromatic rings. The van der Waals surface area contributed by atoms with Crippen molar-refractivity contribution in [1.82, 2.24) is 5.10 Å². The lowest BCUT2D eigenvalue weighted by molar-refractivity contribution is -0.757. The highest BCUT2D eigenvalue weighted by Crippen LogP contribution is 2.25. The van der Waals surface area contributed by atoms with E-state index in [1.54, 1.807) is 23.1 Å². The fraction of sp³-hybridized carbons (Fsp3) is 0.200. The largest absolute Gasteiger partial charge is 0.673 e. The maximum absolute atomic E-state index is 9.75. The minimum absolute atomic E-state index is 0.736. The zero-order chi connectivity index (χ0) is 16.0. The van der Waals surface area contributed by atoms with Gasteiger partial charge in [-0.2, -0.15) is 0 Å². The van der Waals surface area contributed by atoms with Gasteiger partial charge in [0, 0.05) is 15.8 Å². The second-order valence-corrected chi connectivity index (χ2v) is 6.09. The summed E-state index contributed by atoms with van der Waals surface area (Å²) in [6.45, 7) is 0. The molecule has 0 saturated carbocycles. The first kappa shape index (κ1) is 18.1. The van der Waals surface area contributed by atoms with E-state index >= 15 is 0 Å². The fourth-order valence-electron chi connectivity index (χ4n) is 1.23. The molecule has 2 rings (SSSR count). The van der Waals surface area contributed by atoms with Crippen molar-refractivity contribution in [2.45, 2.75) is 4.34 Å². The van der Waals surface area contributed by atoms with Crippen molar-refractivity contribution in [3.8, 4) is 0 Å². The highest BCUT2D eigenvalue weighted by atomic mass is 35.5. The topological polar surface area (TPSA) is 28.8 Å². The Morgan fingerprint density at radius 3 is 2.19 bits per heavy atom. The third kappa shape index (κ3) is 7.54. The summed E-state index contributed by atoms with van der Waals surface area (Å²) in [6.07, 6.45) is 2.04. The van der Waals surface area contributed by atoms with Gasteiger partial charge < -0.3 is 22.6 Å². The summed E-state index contributed by atoms with van der Waals surface area (Å²) in [5, 5.41) is 9.23. The molecule has 1 heterocycles. The van der Waals surface area contributed by atoms with Crippen LogP contribution in [0.25, 0.3) is 0 Å². The molecule has 1 N–H and O–H groups in total. The van der Waals surface area contributed by atoms with Crippen LogP contribution in [0.5, 0.6) is 0 Å². The number of nitrogens with one attached hydrogen (secondary N) is 1. The first-order chi connectivity index (χ1) is 9.69. The van der Waals surface area contributed by atoms with Crippen molar-refractivity contribution in [3.63, 3.8) is 0 Å². The SMILES string of the molecule is CSc1sc(Nc2ccc(Cl)cc2)n[n+]1C.F[B-](F)(F)F. The van der Waals surface area contributed by atoms with Crippen LogP contribution in [0.15, 0.2) is 28.6 Å². The van der Waals surface area contributed by atoms with Crippen molar-refractivity contribution >= 4 is 52.8 Å². The molecule has 0 spiro atoms. The van der Waals surface area contributed by atoms with Gasteiger partial charge in [0.05, 0.1) is 0 Å². The van der Waals surface area contributed by atoms with Crippen LogP contribution in [-0.2, 0) is 7.05 Å². The lowest BCUT2D eigenvalue weighted by Gasteiger charge is -1.99. The molecule has 1 aromatic heterocycles. The van der Waals surface area contributed by atoms with Gasteiger partial charge in [0.25, 0.3) is 5.13 Å². The standard InChI is InChI=1S/C10H11ClN3S2.BF4/c1-14-10(15-2)16-9(13-14)12-8-5-3-7(11)4-6-8;2-1(3,4)5/h3-6H,1-2H3,(H,12,13);/q+1;-1. The minimum atomic E-state index is -6.00. The van der Waals surface area contributed by atoms with Gasteiger partial charge in [-0.1, -0.05) is 16.3 Å². The van der Waals surface area contributed by atoms with E-state index in [9.17, 15) is 17.3 Å². The number of aryl methyl sites for hydroxylation is 1. The first-order valence-electron chi connectivity index (χ1n) is 5.50. The maximum atomic E-state index is 9.75. The van der Waals surface area contributed by atoms with Crippen LogP contribution in [0.2, 0.25) is 5.02 Å². The van der Waals surface area contributed by atoms with Crippen molar-refractivity contribution < 1.29 is 21.9 Å². The van der Waals surface area contributed by atoms with Gasteiger partial charge in [0.1, 0.15) is 0 Å². The van der Waals surface area contributed by atoms with Gasteiger partial charge in [-0.15, -0.1) is 0 Å². The van der Waals surface area contributed by atoms with E-state index in [-0.39, 0.29) is 0 Å². The number of benzene rings is 1. The number of rotatable bonds is 3. The molecule has 0 saturated heterocycles. The van der Waals surface area contributed by atoms with Crippen LogP contribution in [0.4, 0.5) is 28.1 Å². The number of thioether (sulfide) groups is 1. The molecule has 11 heteroatoms. The van der Waals surface area contributed by atoms with E-state index in [0.29, 0.717) is 0 Å². The summed E-state index contributed by atoms with van der Waals surface area (Å²) in [5.41, 5.74) is 0.992. The van der Waals surface area contributed by atoms with Crippen LogP contribution in [0, 0.1) is 0 Å². The zero-order valence-electron chi connectivity index (χ0n) is 11.0. The summed E-state index contributed by atoms with van der Waals surface area (Å²) in [5.74, 6) is 0. The molecule has 0 amide bonds. The third-order valence-corrected chi connectivity index (χ3v) is 4.39. The van der Waals surface area contributed by atoms with Crippen LogP contribution < -0.4 is 10.00 Å². The Morgan fingerprint density at radius 2 is 1.76 bits per heavy atom. The lowest BCUT2D eigenvalue weighted by atomic mass is 10.3. The number of hydrogen-bond acceptors (Lipinski definition) is 4. The van der Waals surface area contributed by atoms with Crippen LogP contribution in [0.1, 0.15) is 0 Å². The average molecular weight is 360 g/mol. The molecule has 0 radical (unpaired) electrons. The predicted molar refractivity (Wildman–Crippen MR) is 80.0 cm³/mol. The Kier molecular flexibility index (Phi) is 6.75. The van der Waals surface area contributed by atoms with Crippen LogP contribution >= 0.6 is 34.7 Å². The Bertz CT molecular complexity index is 571. The van der Waals surface area contributed by atoms with Crippen LogP contribution in [0.3, 0.4) is 0 Å². The van der Waals surface area contributed by atoms with Gasteiger partial charge in [0.2, 0.25) is 0 Å². The second-order valence-electron chi connectivity index (χ2n) is 3.63. The lowest BCUT2D eigenvalue weighted by Crippen LogP contribution is -2.31. The smallest absolute Gasteiger partial charge is 0.418 e. The minimum Gasteiger partial charge on any atom is -0.418 e. The van der Waals surface area contributed by atoms with Crippen molar-refractivity contribution in [2.75, 3.05) is 11.6 Å². The number of halogens is 5. The summed E-state index contributed by atoms with van der Waals surface area (Å²) in [7, 11) is -4.06. The number of aromatic nitrogens is 2. The molecule has 0 aliphatic heterocycles. The monoisotopic (exact) mass is 359 g/mol. The van der Waals surface area contributed by atoms with Crippen molar-refractivity contribution in [1.29, 1.82) is 0 Å². The molecular formula is C10H11BClF4N3S2. The predicted octanol–water partition coefficient (Wildman–Crippen LogP) is 4.39. The summed E-state index contributed by atoms with van der Waals surface area (Å²) in [6, 6.07) is 7.57. The highest BCUT2D eigenvalue weighted by molar-refractivity contribution is 8.00. The second kappa shape index (κ2) is 7.86. The molecular weight excluding hydrogens is 349 g/mol. The average Bonchev–Trinajstić information content (AvgIpc) is 2.70. The van der Waals surface area contributed by atoms with Crippen molar-refractivity contribution in [3.05, 3.63) is 29.3 Å². The van der Waals surface area contributed by atoms with Gasteiger partial charge in [-0.05, 0) is 53.6 Å². The Hall–Kier alpha value is -0.995. The number of hydrogen-bond donors (Lipinski definition) is 1. The molecule has 0 aliphatic carbocycles. The molecule has 0 atom stereocenters. The van der Waals surface area contributed by atoms with Crippen LogP contribution in [-0.4, -0.2) is 18.6 Å². The van der Waals surface area contributed by atoms with Crippen molar-refractivity contribution in [2.24, 2.45) is 7.05 Å². The van der Waals surface area contributed by atoms with E-state index < -0.39 is 7.25 Å². The quantitative estimate of drug-likeness (QED) is 0.381. The Balaban J connectivity index is 0.000000383. The number of anilines is 2. The molecule has 116 valence electrons. The van der Waals surface area contributed by atoms with E-state index in [1.165, 1.54) is 0 Å². The number of nitrogens with zero attached hydrogens (tertiary/aromatic N) is 2. The summed E-state index contributed by atoms with van der Waals surface area (Å²) >= 11 is 9.13. The summed E-state index contributed by atoms with van der Waals surface area (Å²) in [4.78, 5) is 0. The van der Waals surface area contributed by atoms with Gasteiger partial charge >= 0.3 is 11.6 Å². The fourth-order valence-corrected chi connectivity index (χ4v) is 2.90. The van der Waals surface area contributed by atoms with E-state index in [0.717, 1.165) is 20.2 Å². The molecule has 0 aliphatic rings. The van der Waals surface area contributed by atoms with E-state index in [4.69, 9.17) is 11.6 Å². The molecule has 0 bridgehead atoms. The molecule has 1 aromatic carbocycles. The maximum Gasteiger partial charge on any atom is 0.673 e. The molecule has 0 unspecified atom stereocenters. The Morgan fingerprint density at radius 1 is 1.24 bits per heavy atom. The molecule has 3 nitrogen and oxygen atoms in total.